The molecule has 0 aromatic carbocycles. The SMILES string of the molecule is Cc1nc2ccn(CCCCCC(=O)N[C@@H](CC(C)C)C(=O)O)cc-2n1. The lowest BCUT2D eigenvalue weighted by Gasteiger charge is -2.16. The molecule has 0 saturated heterocycles. The maximum absolute atomic E-state index is 11.9. The van der Waals surface area contributed by atoms with Crippen molar-refractivity contribution in [1.82, 2.24) is 19.9 Å². The van der Waals surface area contributed by atoms with Gasteiger partial charge >= 0.3 is 5.97 Å². The number of aromatic nitrogens is 3. The first-order valence-electron chi connectivity index (χ1n) is 9.17. The van der Waals surface area contributed by atoms with Crippen molar-refractivity contribution in [2.45, 2.75) is 65.5 Å². The number of carbonyl (C=O) groups is 2. The Hall–Kier alpha value is -2.44. The number of rotatable bonds is 10. The molecule has 1 atom stereocenters. The lowest BCUT2D eigenvalue weighted by Crippen LogP contribution is -2.41. The van der Waals surface area contributed by atoms with Crippen molar-refractivity contribution in [3.63, 3.8) is 0 Å². The normalized spacial score (nSPS) is 12.5. The molecule has 0 aromatic rings. The van der Waals surface area contributed by atoms with Gasteiger partial charge in [-0.2, -0.15) is 0 Å². The van der Waals surface area contributed by atoms with E-state index in [4.69, 9.17) is 5.11 Å². The van der Waals surface area contributed by atoms with Gasteiger partial charge in [-0.3, -0.25) is 4.79 Å². The Bertz CT molecular complexity index is 711. The van der Waals surface area contributed by atoms with Crippen molar-refractivity contribution < 1.29 is 14.7 Å². The molecule has 0 unspecified atom stereocenters. The van der Waals surface area contributed by atoms with E-state index in [1.165, 1.54) is 0 Å². The molecule has 2 rings (SSSR count). The van der Waals surface area contributed by atoms with Crippen LogP contribution in [0.2, 0.25) is 0 Å². The van der Waals surface area contributed by atoms with E-state index in [-0.39, 0.29) is 11.8 Å². The number of aryl methyl sites for hydroxylation is 2. The Morgan fingerprint density at radius 1 is 1.19 bits per heavy atom. The molecule has 0 spiro atoms. The zero-order chi connectivity index (χ0) is 19.1. The summed E-state index contributed by atoms with van der Waals surface area (Å²) in [5.41, 5.74) is 1.80. The van der Waals surface area contributed by atoms with Crippen LogP contribution in [-0.4, -0.2) is 37.6 Å². The largest absolute Gasteiger partial charge is 0.480 e. The van der Waals surface area contributed by atoms with Gasteiger partial charge in [-0.25, -0.2) is 14.8 Å². The van der Waals surface area contributed by atoms with Gasteiger partial charge in [0.25, 0.3) is 0 Å². The van der Waals surface area contributed by atoms with E-state index in [2.05, 4.69) is 19.9 Å². The molecule has 0 bridgehead atoms. The van der Waals surface area contributed by atoms with Gasteiger partial charge in [-0.05, 0) is 38.2 Å². The molecule has 1 amide bonds. The first kappa shape index (κ1) is 19.9. The van der Waals surface area contributed by atoms with Crippen LogP contribution in [0.3, 0.4) is 0 Å². The Balaban J connectivity index is 1.68. The summed E-state index contributed by atoms with van der Waals surface area (Å²) in [5.74, 6) is -0.151. The number of unbranched alkanes of at least 4 members (excludes halogenated alkanes) is 2. The second-order valence-corrected chi connectivity index (χ2v) is 7.12. The molecule has 2 heterocycles. The van der Waals surface area contributed by atoms with Gasteiger partial charge in [0, 0.05) is 25.4 Å². The molecule has 0 aromatic heterocycles. The maximum Gasteiger partial charge on any atom is 0.326 e. The predicted molar refractivity (Wildman–Crippen MR) is 98.9 cm³/mol. The van der Waals surface area contributed by atoms with Crippen molar-refractivity contribution in [3.05, 3.63) is 24.3 Å². The summed E-state index contributed by atoms with van der Waals surface area (Å²) in [4.78, 5) is 31.8. The van der Waals surface area contributed by atoms with Gasteiger partial charge in [-0.1, -0.05) is 20.3 Å². The monoisotopic (exact) mass is 360 g/mol. The summed E-state index contributed by atoms with van der Waals surface area (Å²) >= 11 is 0. The van der Waals surface area contributed by atoms with Crippen LogP contribution < -0.4 is 5.32 Å². The number of imidazole rings is 1. The molecule has 26 heavy (non-hydrogen) atoms. The van der Waals surface area contributed by atoms with Gasteiger partial charge in [0.15, 0.2) is 0 Å². The van der Waals surface area contributed by atoms with Crippen LogP contribution in [0.15, 0.2) is 18.5 Å². The summed E-state index contributed by atoms with van der Waals surface area (Å²) < 4.78 is 2.08. The fourth-order valence-corrected chi connectivity index (χ4v) is 2.93. The molecular weight excluding hydrogens is 332 g/mol. The van der Waals surface area contributed by atoms with Crippen molar-refractivity contribution >= 4 is 11.9 Å². The highest BCUT2D eigenvalue weighted by molar-refractivity contribution is 5.83. The standard InChI is InChI=1S/C19H28N4O3/c1-13(2)11-16(19(25)26)22-18(24)7-5-4-6-9-23-10-8-15-17(12-23)21-14(3)20-15/h8,10,12-13,16H,4-7,9,11H2,1-3H3,(H,22,24)(H,25,26)/t16-/m0/s1. The van der Waals surface area contributed by atoms with E-state index in [0.717, 1.165) is 43.0 Å². The fraction of sp³-hybridized carbons (Fsp3) is 0.579. The first-order valence-corrected chi connectivity index (χ1v) is 9.17. The first-order chi connectivity index (χ1) is 12.3. The second-order valence-electron chi connectivity index (χ2n) is 7.12. The summed E-state index contributed by atoms with van der Waals surface area (Å²) in [6.45, 7) is 6.62. The van der Waals surface area contributed by atoms with Crippen LogP contribution in [0, 0.1) is 12.8 Å². The molecular formula is C19H28N4O3. The number of nitrogens with one attached hydrogen (secondary N) is 1. The summed E-state index contributed by atoms with van der Waals surface area (Å²) in [5, 5.41) is 11.8. The highest BCUT2D eigenvalue weighted by Crippen LogP contribution is 2.17. The predicted octanol–water partition coefficient (Wildman–Crippen LogP) is 2.87. The van der Waals surface area contributed by atoms with Gasteiger partial charge in [-0.15, -0.1) is 0 Å². The van der Waals surface area contributed by atoms with E-state index >= 15 is 0 Å². The number of nitrogens with zero attached hydrogens (tertiary/aromatic N) is 3. The van der Waals surface area contributed by atoms with Crippen molar-refractivity contribution in [2.75, 3.05) is 0 Å². The fourth-order valence-electron chi connectivity index (χ4n) is 2.93. The van der Waals surface area contributed by atoms with Crippen molar-refractivity contribution in [1.29, 1.82) is 0 Å². The number of fused-ring (bicyclic) bond motifs is 1. The van der Waals surface area contributed by atoms with E-state index in [0.29, 0.717) is 12.8 Å². The number of aliphatic carboxylic acids is 1. The van der Waals surface area contributed by atoms with Crippen LogP contribution in [0.5, 0.6) is 0 Å². The van der Waals surface area contributed by atoms with Gasteiger partial charge in [0.2, 0.25) is 5.91 Å². The molecule has 0 fully saturated rings. The van der Waals surface area contributed by atoms with Crippen LogP contribution in [-0.2, 0) is 16.1 Å². The van der Waals surface area contributed by atoms with E-state index in [9.17, 15) is 9.59 Å². The van der Waals surface area contributed by atoms with Crippen LogP contribution in [0.4, 0.5) is 0 Å². The number of carboxylic acids is 1. The number of hydrogen-bond donors (Lipinski definition) is 2. The average molecular weight is 360 g/mol. The lowest BCUT2D eigenvalue weighted by atomic mass is 10.0. The van der Waals surface area contributed by atoms with Crippen molar-refractivity contribution in [2.24, 2.45) is 5.92 Å². The van der Waals surface area contributed by atoms with Crippen LogP contribution >= 0.6 is 0 Å². The number of carboxylic acid groups (broad SMARTS) is 1. The molecule has 7 heteroatoms. The third kappa shape index (κ3) is 6.13. The zero-order valence-electron chi connectivity index (χ0n) is 15.7. The Kier molecular flexibility index (Phi) is 7.12. The van der Waals surface area contributed by atoms with E-state index < -0.39 is 12.0 Å². The number of hydrogen-bond acceptors (Lipinski definition) is 4. The van der Waals surface area contributed by atoms with Crippen molar-refractivity contribution in [3.8, 4) is 11.4 Å². The molecule has 2 N–H and O–H groups in total. The minimum absolute atomic E-state index is 0.186. The summed E-state index contributed by atoms with van der Waals surface area (Å²) in [7, 11) is 0. The van der Waals surface area contributed by atoms with E-state index in [1.807, 2.05) is 39.2 Å². The molecule has 2 aliphatic heterocycles. The summed E-state index contributed by atoms with van der Waals surface area (Å²) in [6.07, 6.45) is 7.40. The van der Waals surface area contributed by atoms with E-state index in [1.54, 1.807) is 0 Å². The molecule has 0 saturated carbocycles. The summed E-state index contributed by atoms with van der Waals surface area (Å²) in [6, 6.07) is 1.17. The quantitative estimate of drug-likeness (QED) is 0.635. The number of pyridine rings is 1. The molecule has 2 aliphatic rings. The maximum atomic E-state index is 11.9. The highest BCUT2D eigenvalue weighted by atomic mass is 16.4. The lowest BCUT2D eigenvalue weighted by molar-refractivity contribution is -0.142. The average Bonchev–Trinajstić information content (AvgIpc) is 2.92. The van der Waals surface area contributed by atoms with Gasteiger partial charge in [0.1, 0.15) is 17.6 Å². The number of amides is 1. The van der Waals surface area contributed by atoms with Crippen LogP contribution in [0.25, 0.3) is 11.4 Å². The third-order valence-corrected chi connectivity index (χ3v) is 4.20. The Labute approximate surface area is 154 Å². The molecule has 0 radical (unpaired) electrons. The third-order valence-electron chi connectivity index (χ3n) is 4.20. The topological polar surface area (TPSA) is 97.1 Å². The minimum atomic E-state index is -0.968. The smallest absolute Gasteiger partial charge is 0.326 e. The van der Waals surface area contributed by atoms with Gasteiger partial charge < -0.3 is 15.0 Å². The van der Waals surface area contributed by atoms with Gasteiger partial charge in [0.05, 0.1) is 5.69 Å². The molecule has 0 aliphatic carbocycles. The second kappa shape index (κ2) is 9.31. The Morgan fingerprint density at radius 2 is 1.92 bits per heavy atom. The van der Waals surface area contributed by atoms with Crippen LogP contribution in [0.1, 0.15) is 51.8 Å². The highest BCUT2D eigenvalue weighted by Gasteiger charge is 2.20. The molecule has 142 valence electrons. The zero-order valence-corrected chi connectivity index (χ0v) is 15.7. The minimum Gasteiger partial charge on any atom is -0.480 e. The number of carbonyl (C=O) groups excluding carboxylic acids is 1. The molecule has 7 nitrogen and oxygen atoms in total. The Morgan fingerprint density at radius 3 is 2.62 bits per heavy atom.